The Morgan fingerprint density at radius 1 is 1.21 bits per heavy atom. The second-order valence-corrected chi connectivity index (χ2v) is 8.11. The van der Waals surface area contributed by atoms with Crippen LogP contribution < -0.4 is 0 Å². The van der Waals surface area contributed by atoms with Crippen molar-refractivity contribution in [2.45, 2.75) is 55.0 Å². The molecule has 0 aromatic heterocycles. The molecule has 0 N–H and O–H groups in total. The average molecular weight is 350 g/mol. The average Bonchev–Trinajstić information content (AvgIpc) is 3.04. The van der Waals surface area contributed by atoms with E-state index < -0.39 is 17.7 Å². The van der Waals surface area contributed by atoms with Crippen LogP contribution >= 0.6 is 11.8 Å². The van der Waals surface area contributed by atoms with Crippen molar-refractivity contribution >= 4 is 17.5 Å². The Morgan fingerprint density at radius 3 is 2.62 bits per heavy atom. The highest BCUT2D eigenvalue weighted by Gasteiger charge is 2.71. The quantitative estimate of drug-likeness (QED) is 0.778. The molecule has 1 aromatic rings. The van der Waals surface area contributed by atoms with Crippen molar-refractivity contribution in [3.8, 4) is 0 Å². The topological polar surface area (TPSA) is 54.0 Å². The number of rotatable bonds is 4. The number of ether oxygens (including phenoxy) is 4. The number of Topliss-reactive ketones (excluding diaryl/α,β-unsaturated/α-hetero) is 1. The van der Waals surface area contributed by atoms with Crippen LogP contribution in [-0.4, -0.2) is 48.5 Å². The molecule has 1 saturated carbocycles. The van der Waals surface area contributed by atoms with Crippen LogP contribution in [0.25, 0.3) is 0 Å². The minimum Gasteiger partial charge on any atom is -0.353 e. The van der Waals surface area contributed by atoms with Crippen LogP contribution in [0.3, 0.4) is 0 Å². The van der Waals surface area contributed by atoms with Gasteiger partial charge in [-0.2, -0.15) is 0 Å². The van der Waals surface area contributed by atoms with E-state index in [1.54, 1.807) is 18.9 Å². The van der Waals surface area contributed by atoms with E-state index in [1.165, 1.54) is 4.90 Å². The highest BCUT2D eigenvalue weighted by molar-refractivity contribution is 7.99. The normalized spacial score (nSPS) is 39.9. The molecular weight excluding hydrogens is 328 g/mol. The number of ketones is 1. The van der Waals surface area contributed by atoms with Gasteiger partial charge in [0.15, 0.2) is 23.5 Å². The number of hydrogen-bond acceptors (Lipinski definition) is 6. The third-order valence-corrected chi connectivity index (χ3v) is 6.12. The van der Waals surface area contributed by atoms with Gasteiger partial charge in [0, 0.05) is 23.7 Å². The number of carbonyl (C=O) groups is 1. The highest BCUT2D eigenvalue weighted by Crippen LogP contribution is 2.53. The van der Waals surface area contributed by atoms with Gasteiger partial charge in [-0.1, -0.05) is 18.2 Å². The number of methoxy groups -OCH3 is 1. The van der Waals surface area contributed by atoms with Gasteiger partial charge in [-0.15, -0.1) is 11.8 Å². The molecule has 1 spiro atoms. The zero-order chi connectivity index (χ0) is 16.9. The maximum atomic E-state index is 12.9. The Bertz CT molecular complexity index is 634. The largest absolute Gasteiger partial charge is 0.353 e. The first-order valence-electron chi connectivity index (χ1n) is 8.24. The summed E-state index contributed by atoms with van der Waals surface area (Å²) in [5, 5.41) is 0. The van der Waals surface area contributed by atoms with Gasteiger partial charge in [0.2, 0.25) is 0 Å². The maximum absolute atomic E-state index is 12.9. The Morgan fingerprint density at radius 2 is 1.96 bits per heavy atom. The van der Waals surface area contributed by atoms with Gasteiger partial charge in [0.1, 0.15) is 12.2 Å². The SMILES string of the molecule is CO[C@@H]1OC2(CC(CSc3ccccc3)C2=O)[C@H]2OC(C)(C)O[C@@H]12. The zero-order valence-electron chi connectivity index (χ0n) is 14.1. The van der Waals surface area contributed by atoms with Gasteiger partial charge < -0.3 is 18.9 Å². The smallest absolute Gasteiger partial charge is 0.187 e. The van der Waals surface area contributed by atoms with Gasteiger partial charge in [-0.3, -0.25) is 4.79 Å². The lowest BCUT2D eigenvalue weighted by molar-refractivity contribution is -0.258. The highest BCUT2D eigenvalue weighted by atomic mass is 32.2. The van der Waals surface area contributed by atoms with E-state index in [-0.39, 0.29) is 23.9 Å². The number of thioether (sulfide) groups is 1. The molecule has 24 heavy (non-hydrogen) atoms. The van der Waals surface area contributed by atoms with Crippen molar-refractivity contribution in [2.24, 2.45) is 5.92 Å². The molecule has 0 radical (unpaired) electrons. The van der Waals surface area contributed by atoms with Crippen molar-refractivity contribution in [2.75, 3.05) is 12.9 Å². The minimum absolute atomic E-state index is 0.0150. The Hall–Kier alpha value is -0.920. The molecule has 130 valence electrons. The Labute approximate surface area is 146 Å². The maximum Gasteiger partial charge on any atom is 0.187 e. The van der Waals surface area contributed by atoms with E-state index in [1.807, 2.05) is 32.0 Å². The predicted octanol–water partition coefficient (Wildman–Crippen LogP) is 2.63. The molecule has 1 aliphatic carbocycles. The monoisotopic (exact) mass is 350 g/mol. The van der Waals surface area contributed by atoms with Crippen LogP contribution in [0, 0.1) is 5.92 Å². The van der Waals surface area contributed by atoms with E-state index in [4.69, 9.17) is 18.9 Å². The summed E-state index contributed by atoms with van der Waals surface area (Å²) in [7, 11) is 1.57. The van der Waals surface area contributed by atoms with Gasteiger partial charge in [-0.05, 0) is 32.4 Å². The second kappa shape index (κ2) is 5.81. The van der Waals surface area contributed by atoms with Crippen molar-refractivity contribution in [1.82, 2.24) is 0 Å². The van der Waals surface area contributed by atoms with Crippen molar-refractivity contribution in [3.05, 3.63) is 30.3 Å². The van der Waals surface area contributed by atoms with Gasteiger partial charge in [0.25, 0.3) is 0 Å². The third-order valence-electron chi connectivity index (χ3n) is 4.95. The molecule has 2 heterocycles. The molecule has 2 aliphatic heterocycles. The van der Waals surface area contributed by atoms with Crippen molar-refractivity contribution < 1.29 is 23.7 Å². The molecule has 0 bridgehead atoms. The molecule has 3 fully saturated rings. The fourth-order valence-electron chi connectivity index (χ4n) is 3.86. The lowest BCUT2D eigenvalue weighted by atomic mass is 9.67. The summed E-state index contributed by atoms with van der Waals surface area (Å²) < 4.78 is 23.2. The third kappa shape index (κ3) is 2.52. The molecule has 2 unspecified atom stereocenters. The molecule has 5 nitrogen and oxygen atoms in total. The van der Waals surface area contributed by atoms with E-state index in [2.05, 4.69) is 12.1 Å². The van der Waals surface area contributed by atoms with Crippen LogP contribution in [0.2, 0.25) is 0 Å². The lowest BCUT2D eigenvalue weighted by Gasteiger charge is -2.45. The minimum atomic E-state index is -0.902. The van der Waals surface area contributed by atoms with Crippen LogP contribution in [0.1, 0.15) is 20.3 Å². The van der Waals surface area contributed by atoms with Crippen LogP contribution in [0.15, 0.2) is 35.2 Å². The molecule has 6 heteroatoms. The number of fused-ring (bicyclic) bond motifs is 2. The van der Waals surface area contributed by atoms with Crippen LogP contribution in [0.4, 0.5) is 0 Å². The zero-order valence-corrected chi connectivity index (χ0v) is 14.9. The summed E-state index contributed by atoms with van der Waals surface area (Å²) >= 11 is 1.70. The molecule has 2 saturated heterocycles. The summed E-state index contributed by atoms with van der Waals surface area (Å²) in [5.41, 5.74) is -0.902. The van der Waals surface area contributed by atoms with Gasteiger partial charge >= 0.3 is 0 Å². The molecule has 0 amide bonds. The number of hydrogen-bond donors (Lipinski definition) is 0. The van der Waals surface area contributed by atoms with E-state index in [9.17, 15) is 4.79 Å². The number of carbonyl (C=O) groups excluding carboxylic acids is 1. The van der Waals surface area contributed by atoms with E-state index in [0.717, 1.165) is 5.75 Å². The van der Waals surface area contributed by atoms with Crippen molar-refractivity contribution in [3.63, 3.8) is 0 Å². The fraction of sp³-hybridized carbons (Fsp3) is 0.611. The number of benzene rings is 1. The lowest BCUT2D eigenvalue weighted by Crippen LogP contribution is -2.62. The summed E-state index contributed by atoms with van der Waals surface area (Å²) in [4.78, 5) is 14.1. The summed E-state index contributed by atoms with van der Waals surface area (Å²) in [6.07, 6.45) is -0.630. The summed E-state index contributed by atoms with van der Waals surface area (Å²) in [6, 6.07) is 10.1. The standard InChI is InChI=1S/C18H22O5S/c1-17(2)21-13-15(22-17)18(23-16(13)20-3)9-11(14(18)19)10-24-12-7-5-4-6-8-12/h4-8,11,13,15-16H,9-10H2,1-3H3/t11?,13-,15+,16-,18?/m1/s1. The molecule has 3 aliphatic rings. The summed E-state index contributed by atoms with van der Waals surface area (Å²) in [6.45, 7) is 3.72. The first-order valence-corrected chi connectivity index (χ1v) is 9.22. The first-order chi connectivity index (χ1) is 11.5. The summed E-state index contributed by atoms with van der Waals surface area (Å²) in [5.74, 6) is 0.140. The van der Waals surface area contributed by atoms with Gasteiger partial charge in [-0.25, -0.2) is 0 Å². The molecule has 5 atom stereocenters. The van der Waals surface area contributed by atoms with Crippen LogP contribution in [-0.2, 0) is 23.7 Å². The Balaban J connectivity index is 1.45. The molecule has 4 rings (SSSR count). The van der Waals surface area contributed by atoms with Crippen LogP contribution in [0.5, 0.6) is 0 Å². The molecule has 1 aromatic carbocycles. The Kier molecular flexibility index (Phi) is 4.01. The van der Waals surface area contributed by atoms with E-state index >= 15 is 0 Å². The first kappa shape index (κ1) is 16.5. The van der Waals surface area contributed by atoms with E-state index in [0.29, 0.717) is 6.42 Å². The van der Waals surface area contributed by atoms with Gasteiger partial charge in [0.05, 0.1) is 0 Å². The fourth-order valence-corrected chi connectivity index (χ4v) is 4.87. The van der Waals surface area contributed by atoms with Crippen molar-refractivity contribution in [1.29, 1.82) is 0 Å². The second-order valence-electron chi connectivity index (χ2n) is 7.02. The molecular formula is C18H22O5S. The predicted molar refractivity (Wildman–Crippen MR) is 88.7 cm³/mol.